The molecule has 1 aliphatic heterocycles. The number of amides is 1. The molecule has 2 heterocycles. The van der Waals surface area contributed by atoms with Gasteiger partial charge in [-0.25, -0.2) is 14.5 Å². The number of rotatable bonds is 2. The van der Waals surface area contributed by atoms with E-state index in [1.54, 1.807) is 0 Å². The smallest absolute Gasteiger partial charge is 0.328 e. The Kier molecular flexibility index (Phi) is 2.36. The largest absolute Gasteiger partial charge is 0.467 e. The highest BCUT2D eigenvalue weighted by atomic mass is 16.5. The number of ether oxygens (including phenoxy) is 1. The third-order valence-electron chi connectivity index (χ3n) is 2.32. The first kappa shape index (κ1) is 9.63. The van der Waals surface area contributed by atoms with Crippen molar-refractivity contribution in [2.24, 2.45) is 0 Å². The van der Waals surface area contributed by atoms with Gasteiger partial charge >= 0.3 is 5.97 Å². The van der Waals surface area contributed by atoms with Gasteiger partial charge in [0.15, 0.2) is 0 Å². The Morgan fingerprint density at radius 2 is 2.53 bits per heavy atom. The molecule has 0 bridgehead atoms. The minimum atomic E-state index is -0.586. The van der Waals surface area contributed by atoms with Crippen molar-refractivity contribution in [3.63, 3.8) is 0 Å². The summed E-state index contributed by atoms with van der Waals surface area (Å²) in [6.07, 6.45) is 3.14. The minimum absolute atomic E-state index is 0.240. The number of nitrogens with one attached hydrogen (secondary N) is 1. The van der Waals surface area contributed by atoms with E-state index in [4.69, 9.17) is 0 Å². The quantitative estimate of drug-likeness (QED) is 0.625. The zero-order valence-corrected chi connectivity index (χ0v) is 8.08. The third-order valence-corrected chi connectivity index (χ3v) is 2.32. The van der Waals surface area contributed by atoms with Crippen LogP contribution in [0.15, 0.2) is 12.7 Å². The highest BCUT2D eigenvalue weighted by Gasteiger charge is 2.38. The van der Waals surface area contributed by atoms with E-state index in [9.17, 15) is 9.59 Å². The predicted molar refractivity (Wildman–Crippen MR) is 47.6 cm³/mol. The Bertz CT molecular complexity index is 375. The highest BCUT2D eigenvalue weighted by Crippen LogP contribution is 2.20. The Hall–Kier alpha value is -1.92. The summed E-state index contributed by atoms with van der Waals surface area (Å²) in [5.74, 6) is -0.679. The van der Waals surface area contributed by atoms with Gasteiger partial charge in [0, 0.05) is 6.42 Å². The molecule has 1 aromatic heterocycles. The van der Waals surface area contributed by atoms with Crippen molar-refractivity contribution >= 4 is 11.9 Å². The molecule has 0 saturated carbocycles. The molecule has 7 heteroatoms. The van der Waals surface area contributed by atoms with Crippen molar-refractivity contribution < 1.29 is 14.3 Å². The molecule has 0 radical (unpaired) electrons. The van der Waals surface area contributed by atoms with Gasteiger partial charge in [-0.3, -0.25) is 4.79 Å². The van der Waals surface area contributed by atoms with Gasteiger partial charge in [0.1, 0.15) is 24.7 Å². The Morgan fingerprint density at radius 1 is 1.73 bits per heavy atom. The van der Waals surface area contributed by atoms with Crippen molar-refractivity contribution in [3.05, 3.63) is 12.7 Å². The zero-order valence-electron chi connectivity index (χ0n) is 8.08. The summed E-state index contributed by atoms with van der Waals surface area (Å²) in [5.41, 5.74) is 0. The normalized spacial score (nSPS) is 25.0. The SMILES string of the molecule is COC(=O)C1CC(n2cncn2)C(=O)N1. The molecule has 0 aliphatic carbocycles. The van der Waals surface area contributed by atoms with E-state index < -0.39 is 18.1 Å². The first-order valence-corrected chi connectivity index (χ1v) is 4.44. The standard InChI is InChI=1S/C8H10N4O3/c1-15-8(14)5-2-6(7(13)11-5)12-4-9-3-10-12/h3-6H,2H2,1H3,(H,11,13). The molecule has 0 spiro atoms. The van der Waals surface area contributed by atoms with Gasteiger partial charge in [0.2, 0.25) is 5.91 Å². The fourth-order valence-corrected chi connectivity index (χ4v) is 1.56. The van der Waals surface area contributed by atoms with E-state index in [2.05, 4.69) is 20.1 Å². The molecule has 1 amide bonds. The molecule has 15 heavy (non-hydrogen) atoms. The maximum Gasteiger partial charge on any atom is 0.328 e. The average Bonchev–Trinajstić information content (AvgIpc) is 2.84. The zero-order chi connectivity index (χ0) is 10.8. The number of hydrogen-bond acceptors (Lipinski definition) is 5. The summed E-state index contributed by atoms with van der Waals surface area (Å²) in [6.45, 7) is 0. The number of nitrogens with zero attached hydrogens (tertiary/aromatic N) is 3. The van der Waals surface area contributed by atoms with Crippen LogP contribution in [-0.4, -0.2) is 39.8 Å². The van der Waals surface area contributed by atoms with Crippen LogP contribution in [0.4, 0.5) is 0 Å². The molecule has 1 fully saturated rings. The van der Waals surface area contributed by atoms with Crippen molar-refractivity contribution in [2.45, 2.75) is 18.5 Å². The van der Waals surface area contributed by atoms with Crippen LogP contribution in [0.5, 0.6) is 0 Å². The summed E-state index contributed by atoms with van der Waals surface area (Å²) < 4.78 is 5.98. The number of esters is 1. The molecule has 2 rings (SSSR count). The van der Waals surface area contributed by atoms with Crippen LogP contribution in [0.25, 0.3) is 0 Å². The topological polar surface area (TPSA) is 86.1 Å². The van der Waals surface area contributed by atoms with E-state index in [0.717, 1.165) is 0 Å². The second-order valence-electron chi connectivity index (χ2n) is 3.21. The van der Waals surface area contributed by atoms with E-state index >= 15 is 0 Å². The first-order chi connectivity index (χ1) is 7.22. The molecule has 1 aliphatic rings. The molecule has 1 aromatic rings. The van der Waals surface area contributed by atoms with Crippen LogP contribution in [0, 0.1) is 0 Å². The number of carbonyl (C=O) groups excluding carboxylic acids is 2. The van der Waals surface area contributed by atoms with Gasteiger partial charge in [0.25, 0.3) is 0 Å². The molecular weight excluding hydrogens is 200 g/mol. The van der Waals surface area contributed by atoms with Gasteiger partial charge in [0.05, 0.1) is 7.11 Å². The maximum atomic E-state index is 11.5. The van der Waals surface area contributed by atoms with E-state index in [0.29, 0.717) is 6.42 Å². The molecular formula is C8H10N4O3. The number of hydrogen-bond donors (Lipinski definition) is 1. The van der Waals surface area contributed by atoms with Crippen LogP contribution in [0.2, 0.25) is 0 Å². The molecule has 80 valence electrons. The molecule has 7 nitrogen and oxygen atoms in total. The van der Waals surface area contributed by atoms with E-state index in [1.165, 1.54) is 24.4 Å². The second kappa shape index (κ2) is 3.68. The van der Waals surface area contributed by atoms with E-state index in [-0.39, 0.29) is 5.91 Å². The Morgan fingerprint density at radius 3 is 3.13 bits per heavy atom. The van der Waals surface area contributed by atoms with Crippen LogP contribution in [0.1, 0.15) is 12.5 Å². The van der Waals surface area contributed by atoms with E-state index in [1.807, 2.05) is 0 Å². The van der Waals surface area contributed by atoms with Gasteiger partial charge in [-0.1, -0.05) is 0 Å². The summed E-state index contributed by atoms with van der Waals surface area (Å²) in [7, 11) is 1.29. The monoisotopic (exact) mass is 210 g/mol. The van der Waals surface area contributed by atoms with Gasteiger partial charge in [-0.2, -0.15) is 5.10 Å². The number of aromatic nitrogens is 3. The molecule has 2 unspecified atom stereocenters. The van der Waals surface area contributed by atoms with Crippen molar-refractivity contribution in [2.75, 3.05) is 7.11 Å². The molecule has 0 aromatic carbocycles. The Labute approximate surface area is 85.4 Å². The molecule has 1 saturated heterocycles. The van der Waals surface area contributed by atoms with Crippen LogP contribution < -0.4 is 5.32 Å². The van der Waals surface area contributed by atoms with Crippen molar-refractivity contribution in [3.8, 4) is 0 Å². The fraction of sp³-hybridized carbons (Fsp3) is 0.500. The maximum absolute atomic E-state index is 11.5. The average molecular weight is 210 g/mol. The number of carbonyl (C=O) groups is 2. The van der Waals surface area contributed by atoms with Crippen LogP contribution in [-0.2, 0) is 14.3 Å². The summed E-state index contributed by atoms with van der Waals surface area (Å²) >= 11 is 0. The van der Waals surface area contributed by atoms with Crippen molar-refractivity contribution in [1.82, 2.24) is 20.1 Å². The minimum Gasteiger partial charge on any atom is -0.467 e. The highest BCUT2D eigenvalue weighted by molar-refractivity contribution is 5.90. The lowest BCUT2D eigenvalue weighted by Gasteiger charge is -2.06. The summed E-state index contributed by atoms with van der Waals surface area (Å²) in [5, 5.41) is 6.40. The Balaban J connectivity index is 2.11. The fourth-order valence-electron chi connectivity index (χ4n) is 1.56. The lowest BCUT2D eigenvalue weighted by Crippen LogP contribution is -2.34. The van der Waals surface area contributed by atoms with Gasteiger partial charge in [-0.15, -0.1) is 0 Å². The number of methoxy groups -OCH3 is 1. The second-order valence-corrected chi connectivity index (χ2v) is 3.21. The van der Waals surface area contributed by atoms with Crippen molar-refractivity contribution in [1.29, 1.82) is 0 Å². The summed E-state index contributed by atoms with van der Waals surface area (Å²) in [6, 6.07) is -1.06. The van der Waals surface area contributed by atoms with Crippen LogP contribution in [0.3, 0.4) is 0 Å². The summed E-state index contributed by atoms with van der Waals surface area (Å²) in [4.78, 5) is 26.4. The van der Waals surface area contributed by atoms with Gasteiger partial charge in [-0.05, 0) is 0 Å². The lowest BCUT2D eigenvalue weighted by atomic mass is 10.2. The first-order valence-electron chi connectivity index (χ1n) is 4.44. The lowest BCUT2D eigenvalue weighted by molar-refractivity contribution is -0.143. The van der Waals surface area contributed by atoms with Gasteiger partial charge < -0.3 is 10.1 Å². The molecule has 2 atom stereocenters. The molecule has 1 N–H and O–H groups in total. The predicted octanol–water partition coefficient (Wildman–Crippen LogP) is -1.12. The third kappa shape index (κ3) is 1.67. The van der Waals surface area contributed by atoms with Crippen LogP contribution >= 0.6 is 0 Å².